The molecule has 2 aromatic heterocycles. The van der Waals surface area contributed by atoms with Crippen LogP contribution in [0, 0.1) is 31.1 Å². The summed E-state index contributed by atoms with van der Waals surface area (Å²) < 4.78 is 1.65. The molecule has 0 saturated carbocycles. The van der Waals surface area contributed by atoms with Gasteiger partial charge in [-0.15, -0.1) is 11.3 Å². The second-order valence-electron chi connectivity index (χ2n) is 7.84. The molecule has 1 N–H and O–H groups in total. The zero-order valence-electron chi connectivity index (χ0n) is 17.7. The SMILES string of the molecule is Cc1sc2nc(S[C@H](C)C(=O)N[C@@](C)(C#N)C(C)C)n(C(C)C)c(=O)c2c1C. The molecule has 0 aliphatic rings. The fourth-order valence-electron chi connectivity index (χ4n) is 2.70. The van der Waals surface area contributed by atoms with Crippen molar-refractivity contribution in [2.24, 2.45) is 5.92 Å². The van der Waals surface area contributed by atoms with Crippen LogP contribution in [0.1, 0.15) is 58.0 Å². The Hall–Kier alpha value is -1.85. The monoisotopic (exact) mass is 420 g/mol. The van der Waals surface area contributed by atoms with E-state index in [2.05, 4.69) is 11.4 Å². The van der Waals surface area contributed by atoms with Crippen molar-refractivity contribution in [2.75, 3.05) is 0 Å². The molecule has 8 heteroatoms. The van der Waals surface area contributed by atoms with Crippen LogP contribution in [0.5, 0.6) is 0 Å². The first-order valence-corrected chi connectivity index (χ1v) is 11.0. The topological polar surface area (TPSA) is 87.8 Å². The lowest BCUT2D eigenvalue weighted by Crippen LogP contribution is -2.51. The van der Waals surface area contributed by atoms with Gasteiger partial charge in [-0.1, -0.05) is 25.6 Å². The van der Waals surface area contributed by atoms with Gasteiger partial charge in [0.1, 0.15) is 10.4 Å². The van der Waals surface area contributed by atoms with Gasteiger partial charge in [0, 0.05) is 10.9 Å². The number of nitrogens with zero attached hydrogens (tertiary/aromatic N) is 3. The number of fused-ring (bicyclic) bond motifs is 1. The van der Waals surface area contributed by atoms with E-state index >= 15 is 0 Å². The van der Waals surface area contributed by atoms with Gasteiger partial charge in [-0.2, -0.15) is 5.26 Å². The second-order valence-corrected chi connectivity index (χ2v) is 10.4. The molecule has 0 aromatic carbocycles. The molecule has 0 spiro atoms. The maximum atomic E-state index is 13.1. The number of aryl methyl sites for hydroxylation is 2. The van der Waals surface area contributed by atoms with Gasteiger partial charge in [0.05, 0.1) is 16.7 Å². The number of nitriles is 1. The van der Waals surface area contributed by atoms with E-state index in [0.717, 1.165) is 10.4 Å². The largest absolute Gasteiger partial charge is 0.337 e. The molecule has 2 heterocycles. The molecule has 0 radical (unpaired) electrons. The Balaban J connectivity index is 2.43. The number of carbonyl (C=O) groups is 1. The molecule has 0 aliphatic heterocycles. The van der Waals surface area contributed by atoms with E-state index < -0.39 is 10.8 Å². The summed E-state index contributed by atoms with van der Waals surface area (Å²) in [5, 5.41) is 13.0. The molecular weight excluding hydrogens is 392 g/mol. The lowest BCUT2D eigenvalue weighted by atomic mass is 9.90. The quantitative estimate of drug-likeness (QED) is 0.559. The van der Waals surface area contributed by atoms with Crippen molar-refractivity contribution in [1.82, 2.24) is 14.9 Å². The number of aromatic nitrogens is 2. The first-order valence-electron chi connectivity index (χ1n) is 9.35. The molecular formula is C20H28N4O2S2. The van der Waals surface area contributed by atoms with Gasteiger partial charge in [-0.05, 0) is 53.0 Å². The van der Waals surface area contributed by atoms with Crippen LogP contribution in [0.4, 0.5) is 0 Å². The summed E-state index contributed by atoms with van der Waals surface area (Å²) in [5.41, 5.74) is -0.0415. The van der Waals surface area contributed by atoms with Crippen LogP contribution >= 0.6 is 23.1 Å². The molecule has 1 amide bonds. The second kappa shape index (κ2) is 8.26. The minimum Gasteiger partial charge on any atom is -0.337 e. The molecule has 2 rings (SSSR count). The Morgan fingerprint density at radius 3 is 2.39 bits per heavy atom. The van der Waals surface area contributed by atoms with Crippen LogP contribution < -0.4 is 10.9 Å². The zero-order valence-corrected chi connectivity index (χ0v) is 19.3. The fourth-order valence-corrected chi connectivity index (χ4v) is 4.81. The number of carbonyl (C=O) groups excluding carboxylic acids is 1. The number of thiophene rings is 1. The number of thioether (sulfide) groups is 1. The molecule has 0 bridgehead atoms. The molecule has 2 aromatic rings. The number of hydrogen-bond donors (Lipinski definition) is 1. The van der Waals surface area contributed by atoms with Crippen molar-refractivity contribution in [2.45, 2.75) is 77.4 Å². The normalized spacial score (nSPS) is 14.9. The number of nitrogens with one attached hydrogen (secondary N) is 1. The fraction of sp³-hybridized carbons (Fsp3) is 0.600. The summed E-state index contributed by atoms with van der Waals surface area (Å²) in [6, 6.07) is 2.11. The molecule has 0 fully saturated rings. The molecule has 0 aliphatic carbocycles. The van der Waals surface area contributed by atoms with Crippen LogP contribution in [0.3, 0.4) is 0 Å². The molecule has 0 saturated heterocycles. The van der Waals surface area contributed by atoms with E-state index in [9.17, 15) is 14.9 Å². The maximum absolute atomic E-state index is 13.1. The van der Waals surface area contributed by atoms with Crippen molar-refractivity contribution >= 4 is 39.2 Å². The predicted molar refractivity (Wildman–Crippen MR) is 116 cm³/mol. The first kappa shape index (κ1) is 22.4. The van der Waals surface area contributed by atoms with Crippen molar-refractivity contribution in [3.05, 3.63) is 20.8 Å². The molecule has 152 valence electrons. The maximum Gasteiger partial charge on any atom is 0.263 e. The standard InChI is InChI=1S/C20H28N4O2S2/c1-10(2)20(8,9-21)23-16(25)14(7)28-19-22-17-15(12(5)13(6)27-17)18(26)24(19)11(3)4/h10-11,14H,1-8H3,(H,23,25)/t14-,20+/m1/s1. The lowest BCUT2D eigenvalue weighted by molar-refractivity contribution is -0.121. The van der Waals surface area contributed by atoms with E-state index in [1.165, 1.54) is 23.1 Å². The third-order valence-electron chi connectivity index (χ3n) is 5.14. The molecule has 2 atom stereocenters. The average Bonchev–Trinajstić information content (AvgIpc) is 2.88. The van der Waals surface area contributed by atoms with E-state index in [4.69, 9.17) is 4.98 Å². The Kier molecular flexibility index (Phi) is 6.62. The van der Waals surface area contributed by atoms with Crippen LogP contribution in [-0.4, -0.2) is 26.2 Å². The summed E-state index contributed by atoms with van der Waals surface area (Å²) in [4.78, 5) is 32.3. The van der Waals surface area contributed by atoms with Gasteiger partial charge in [0.15, 0.2) is 5.16 Å². The smallest absolute Gasteiger partial charge is 0.263 e. The summed E-state index contributed by atoms with van der Waals surface area (Å²) in [6.45, 7) is 15.1. The van der Waals surface area contributed by atoms with Gasteiger partial charge < -0.3 is 5.32 Å². The van der Waals surface area contributed by atoms with Crippen LogP contribution in [0.2, 0.25) is 0 Å². The van der Waals surface area contributed by atoms with Crippen molar-refractivity contribution in [3.8, 4) is 6.07 Å². The van der Waals surface area contributed by atoms with Gasteiger partial charge in [0.2, 0.25) is 5.91 Å². The van der Waals surface area contributed by atoms with Crippen molar-refractivity contribution in [3.63, 3.8) is 0 Å². The Labute approximate surface area is 174 Å². The van der Waals surface area contributed by atoms with Gasteiger partial charge in [-0.25, -0.2) is 4.98 Å². The lowest BCUT2D eigenvalue weighted by Gasteiger charge is -2.28. The summed E-state index contributed by atoms with van der Waals surface area (Å²) in [7, 11) is 0. The highest BCUT2D eigenvalue weighted by molar-refractivity contribution is 8.00. The molecule has 28 heavy (non-hydrogen) atoms. The van der Waals surface area contributed by atoms with Crippen LogP contribution in [0.25, 0.3) is 10.2 Å². The minimum absolute atomic E-state index is 0.0287. The number of amides is 1. The van der Waals surface area contributed by atoms with Crippen molar-refractivity contribution in [1.29, 1.82) is 5.26 Å². The highest BCUT2D eigenvalue weighted by Crippen LogP contribution is 2.31. The first-order chi connectivity index (χ1) is 12.9. The molecule has 0 unspecified atom stereocenters. The highest BCUT2D eigenvalue weighted by atomic mass is 32.2. The summed E-state index contributed by atoms with van der Waals surface area (Å²) in [6.07, 6.45) is 0. The van der Waals surface area contributed by atoms with Gasteiger partial charge in [-0.3, -0.25) is 14.2 Å². The van der Waals surface area contributed by atoms with E-state index in [0.29, 0.717) is 15.4 Å². The van der Waals surface area contributed by atoms with Gasteiger partial charge >= 0.3 is 0 Å². The number of hydrogen-bond acceptors (Lipinski definition) is 6. The van der Waals surface area contributed by atoms with E-state index in [-0.39, 0.29) is 23.4 Å². The van der Waals surface area contributed by atoms with Crippen molar-refractivity contribution < 1.29 is 4.79 Å². The molecule has 6 nitrogen and oxygen atoms in total. The minimum atomic E-state index is -0.941. The predicted octanol–water partition coefficient (Wildman–Crippen LogP) is 4.19. The van der Waals surface area contributed by atoms with Gasteiger partial charge in [0.25, 0.3) is 5.56 Å². The Bertz CT molecular complexity index is 1000. The summed E-state index contributed by atoms with van der Waals surface area (Å²) >= 11 is 2.75. The Morgan fingerprint density at radius 1 is 1.29 bits per heavy atom. The number of rotatable bonds is 6. The van der Waals surface area contributed by atoms with E-state index in [1.807, 2.05) is 41.5 Å². The summed E-state index contributed by atoms with van der Waals surface area (Å²) in [5.74, 6) is -0.273. The average molecular weight is 421 g/mol. The van der Waals surface area contributed by atoms with E-state index in [1.54, 1.807) is 18.4 Å². The van der Waals surface area contributed by atoms with Crippen LogP contribution in [-0.2, 0) is 4.79 Å². The third-order valence-corrected chi connectivity index (χ3v) is 7.31. The highest BCUT2D eigenvalue weighted by Gasteiger charge is 2.32. The van der Waals surface area contributed by atoms with Crippen LogP contribution in [0.15, 0.2) is 9.95 Å². The Morgan fingerprint density at radius 2 is 1.89 bits per heavy atom. The third kappa shape index (κ3) is 4.11. The zero-order chi connectivity index (χ0) is 21.4.